The highest BCUT2D eigenvalue weighted by Gasteiger charge is 2.31. The van der Waals surface area contributed by atoms with Crippen molar-refractivity contribution in [1.82, 2.24) is 10.2 Å². The van der Waals surface area contributed by atoms with Gasteiger partial charge in [-0.2, -0.15) is 0 Å². The van der Waals surface area contributed by atoms with Crippen molar-refractivity contribution >= 4 is 23.4 Å². The predicted octanol–water partition coefficient (Wildman–Crippen LogP) is 5.26. The maximum Gasteiger partial charge on any atom is 0.243 e. The smallest absolute Gasteiger partial charge is 0.243 e. The minimum atomic E-state index is -0.660. The van der Waals surface area contributed by atoms with E-state index < -0.39 is 6.04 Å². The molecule has 0 aliphatic carbocycles. The molecule has 0 fully saturated rings. The summed E-state index contributed by atoms with van der Waals surface area (Å²) in [6, 6.07) is 24.0. The van der Waals surface area contributed by atoms with Gasteiger partial charge in [-0.25, -0.2) is 0 Å². The standard InChI is InChI=1S/C28H31ClN2O3/c1-20(2)28(33)31(19-23-11-15-25(34-3)16-12-23)26(17-21-7-5-4-6-8-21)27(32)30-18-22-9-13-24(29)14-10-22/h4-16,20,26H,17-19H2,1-3H3,(H,30,32). The SMILES string of the molecule is COc1ccc(CN(C(=O)C(C)C)C(Cc2ccccc2)C(=O)NCc2ccc(Cl)cc2)cc1. The Morgan fingerprint density at radius 3 is 2.09 bits per heavy atom. The lowest BCUT2D eigenvalue weighted by atomic mass is 10.0. The minimum Gasteiger partial charge on any atom is -0.497 e. The Labute approximate surface area is 206 Å². The van der Waals surface area contributed by atoms with Crippen LogP contribution < -0.4 is 10.1 Å². The van der Waals surface area contributed by atoms with Crippen molar-refractivity contribution in [1.29, 1.82) is 0 Å². The molecule has 3 aromatic carbocycles. The maximum absolute atomic E-state index is 13.5. The Kier molecular flexibility index (Phi) is 9.11. The number of ether oxygens (including phenoxy) is 1. The molecule has 178 valence electrons. The average Bonchev–Trinajstić information content (AvgIpc) is 2.86. The van der Waals surface area contributed by atoms with E-state index in [4.69, 9.17) is 16.3 Å². The number of halogens is 1. The van der Waals surface area contributed by atoms with Crippen LogP contribution in [0.1, 0.15) is 30.5 Å². The van der Waals surface area contributed by atoms with Crippen LogP contribution in [-0.4, -0.2) is 29.9 Å². The molecule has 0 saturated carbocycles. The van der Waals surface area contributed by atoms with Crippen molar-refractivity contribution in [2.75, 3.05) is 7.11 Å². The zero-order chi connectivity index (χ0) is 24.5. The number of carbonyl (C=O) groups is 2. The van der Waals surface area contributed by atoms with Crippen molar-refractivity contribution in [3.8, 4) is 5.75 Å². The van der Waals surface area contributed by atoms with E-state index >= 15 is 0 Å². The molecular weight excluding hydrogens is 448 g/mol. The molecule has 2 amide bonds. The van der Waals surface area contributed by atoms with Crippen LogP contribution in [0.15, 0.2) is 78.9 Å². The van der Waals surface area contributed by atoms with E-state index in [0.29, 0.717) is 24.5 Å². The van der Waals surface area contributed by atoms with Gasteiger partial charge in [0.25, 0.3) is 0 Å². The van der Waals surface area contributed by atoms with Gasteiger partial charge in [0.2, 0.25) is 11.8 Å². The summed E-state index contributed by atoms with van der Waals surface area (Å²) in [6.45, 7) is 4.39. The van der Waals surface area contributed by atoms with Crippen LogP contribution in [0.25, 0.3) is 0 Å². The lowest BCUT2D eigenvalue weighted by molar-refractivity contribution is -0.143. The highest BCUT2D eigenvalue weighted by molar-refractivity contribution is 6.30. The molecule has 6 heteroatoms. The summed E-state index contributed by atoms with van der Waals surface area (Å²) in [4.78, 5) is 28.5. The molecule has 34 heavy (non-hydrogen) atoms. The van der Waals surface area contributed by atoms with E-state index in [9.17, 15) is 9.59 Å². The molecular formula is C28H31ClN2O3. The summed E-state index contributed by atoms with van der Waals surface area (Å²) < 4.78 is 5.25. The second-order valence-electron chi connectivity index (χ2n) is 8.52. The molecule has 1 unspecified atom stereocenters. The number of rotatable bonds is 10. The van der Waals surface area contributed by atoms with Gasteiger partial charge in [-0.05, 0) is 41.0 Å². The Morgan fingerprint density at radius 2 is 1.50 bits per heavy atom. The van der Waals surface area contributed by atoms with Crippen LogP contribution in [0.4, 0.5) is 0 Å². The highest BCUT2D eigenvalue weighted by atomic mass is 35.5. The molecule has 0 saturated heterocycles. The van der Waals surface area contributed by atoms with Crippen molar-refractivity contribution in [2.45, 2.75) is 39.4 Å². The van der Waals surface area contributed by atoms with E-state index in [0.717, 1.165) is 22.4 Å². The van der Waals surface area contributed by atoms with Gasteiger partial charge in [-0.3, -0.25) is 9.59 Å². The molecule has 0 bridgehead atoms. The lowest BCUT2D eigenvalue weighted by Gasteiger charge is -2.33. The van der Waals surface area contributed by atoms with Gasteiger partial charge in [0.05, 0.1) is 7.11 Å². The zero-order valence-corrected chi connectivity index (χ0v) is 20.6. The van der Waals surface area contributed by atoms with E-state index in [1.54, 1.807) is 24.1 Å². The van der Waals surface area contributed by atoms with Crippen LogP contribution >= 0.6 is 11.6 Å². The zero-order valence-electron chi connectivity index (χ0n) is 19.8. The second-order valence-corrected chi connectivity index (χ2v) is 8.96. The molecule has 1 atom stereocenters. The molecule has 0 aliphatic heterocycles. The van der Waals surface area contributed by atoms with Crippen LogP contribution in [0.2, 0.25) is 5.02 Å². The monoisotopic (exact) mass is 478 g/mol. The number of amides is 2. The number of hydrogen-bond donors (Lipinski definition) is 1. The summed E-state index contributed by atoms with van der Waals surface area (Å²) in [5, 5.41) is 3.66. The summed E-state index contributed by atoms with van der Waals surface area (Å²) >= 11 is 5.98. The fourth-order valence-electron chi connectivity index (χ4n) is 3.69. The average molecular weight is 479 g/mol. The van der Waals surface area contributed by atoms with Crippen LogP contribution in [0, 0.1) is 5.92 Å². The quantitative estimate of drug-likeness (QED) is 0.432. The molecule has 3 rings (SSSR count). The first-order valence-corrected chi connectivity index (χ1v) is 11.7. The van der Waals surface area contributed by atoms with Crippen LogP contribution in [-0.2, 0) is 29.1 Å². The molecule has 0 aromatic heterocycles. The van der Waals surface area contributed by atoms with Gasteiger partial charge >= 0.3 is 0 Å². The molecule has 0 aliphatic rings. The topological polar surface area (TPSA) is 58.6 Å². The first-order valence-electron chi connectivity index (χ1n) is 11.4. The molecule has 3 aromatic rings. The third kappa shape index (κ3) is 7.09. The molecule has 0 heterocycles. The van der Waals surface area contributed by atoms with Crippen molar-refractivity contribution in [3.05, 3.63) is 101 Å². The van der Waals surface area contributed by atoms with Crippen LogP contribution in [0.3, 0.4) is 0 Å². The summed E-state index contributed by atoms with van der Waals surface area (Å²) in [5.41, 5.74) is 2.86. The van der Waals surface area contributed by atoms with Gasteiger partial charge < -0.3 is 15.0 Å². The fourth-order valence-corrected chi connectivity index (χ4v) is 3.82. The normalized spacial score (nSPS) is 11.7. The Balaban J connectivity index is 1.88. The number of benzene rings is 3. The van der Waals surface area contributed by atoms with Crippen LogP contribution in [0.5, 0.6) is 5.75 Å². The lowest BCUT2D eigenvalue weighted by Crippen LogP contribution is -2.51. The highest BCUT2D eigenvalue weighted by Crippen LogP contribution is 2.19. The number of nitrogens with zero attached hydrogens (tertiary/aromatic N) is 1. The maximum atomic E-state index is 13.5. The number of nitrogens with one attached hydrogen (secondary N) is 1. The largest absolute Gasteiger partial charge is 0.497 e. The first-order chi connectivity index (χ1) is 16.4. The third-order valence-corrected chi connectivity index (χ3v) is 5.87. The van der Waals surface area contributed by atoms with Gasteiger partial charge in [0, 0.05) is 30.5 Å². The van der Waals surface area contributed by atoms with E-state index in [-0.39, 0.29) is 17.7 Å². The Bertz CT molecular complexity index is 1070. The van der Waals surface area contributed by atoms with Gasteiger partial charge in [-0.1, -0.05) is 80.0 Å². The van der Waals surface area contributed by atoms with Gasteiger partial charge in [-0.15, -0.1) is 0 Å². The van der Waals surface area contributed by atoms with E-state index in [1.807, 2.05) is 80.6 Å². The Hall–Kier alpha value is -3.31. The van der Waals surface area contributed by atoms with Crippen molar-refractivity contribution in [2.24, 2.45) is 5.92 Å². The van der Waals surface area contributed by atoms with Gasteiger partial charge in [0.1, 0.15) is 11.8 Å². The van der Waals surface area contributed by atoms with Gasteiger partial charge in [0.15, 0.2) is 0 Å². The molecule has 0 spiro atoms. The van der Waals surface area contributed by atoms with E-state index in [2.05, 4.69) is 5.32 Å². The fraction of sp³-hybridized carbons (Fsp3) is 0.286. The Morgan fingerprint density at radius 1 is 0.882 bits per heavy atom. The van der Waals surface area contributed by atoms with E-state index in [1.165, 1.54) is 0 Å². The minimum absolute atomic E-state index is 0.0709. The summed E-state index contributed by atoms with van der Waals surface area (Å²) in [5.74, 6) is 0.229. The number of hydrogen-bond acceptors (Lipinski definition) is 3. The summed E-state index contributed by atoms with van der Waals surface area (Å²) in [6.07, 6.45) is 0.419. The van der Waals surface area contributed by atoms with Crippen molar-refractivity contribution < 1.29 is 14.3 Å². The number of methoxy groups -OCH3 is 1. The third-order valence-electron chi connectivity index (χ3n) is 5.62. The first kappa shape index (κ1) is 25.3. The van der Waals surface area contributed by atoms with Crippen molar-refractivity contribution in [3.63, 3.8) is 0 Å². The number of carbonyl (C=O) groups excluding carboxylic acids is 2. The molecule has 0 radical (unpaired) electrons. The second kappa shape index (κ2) is 12.2. The predicted molar refractivity (Wildman–Crippen MR) is 136 cm³/mol. The molecule has 5 nitrogen and oxygen atoms in total. The molecule has 1 N–H and O–H groups in total. The summed E-state index contributed by atoms with van der Waals surface area (Å²) in [7, 11) is 1.62.